The third-order valence-corrected chi connectivity index (χ3v) is 4.40. The average molecular weight is 386 g/mol. The lowest BCUT2D eigenvalue weighted by Gasteiger charge is -2.12. The Hall–Kier alpha value is -3.08. The molecule has 0 fully saturated rings. The van der Waals surface area contributed by atoms with Crippen LogP contribution in [-0.4, -0.2) is 48.4 Å². The van der Waals surface area contributed by atoms with Crippen LogP contribution < -0.4 is 0 Å². The molecular formula is C20H22N2O6. The van der Waals surface area contributed by atoms with Crippen molar-refractivity contribution < 1.29 is 28.7 Å². The number of hydrogen-bond acceptors (Lipinski definition) is 8. The standard InChI is InChI=1S/C20H22N2O6/c23-13-21-15-3-1-5-17(9-7-15)27-19(25)11-12-20(26)28-18-6-2-4-16(8-10-18)22-14-24/h7-12,15-18H,1-6H2/b12-11+. The first-order valence-corrected chi connectivity index (χ1v) is 9.20. The second-order valence-electron chi connectivity index (χ2n) is 6.49. The van der Waals surface area contributed by atoms with Gasteiger partial charge in [-0.05, 0) is 50.7 Å². The molecule has 0 bridgehead atoms. The molecule has 0 N–H and O–H groups in total. The highest BCUT2D eigenvalue weighted by molar-refractivity contribution is 5.91. The van der Waals surface area contributed by atoms with Crippen molar-refractivity contribution in [3.63, 3.8) is 0 Å². The summed E-state index contributed by atoms with van der Waals surface area (Å²) in [6.45, 7) is 0. The molecule has 28 heavy (non-hydrogen) atoms. The average Bonchev–Trinajstić information content (AvgIpc) is 3.02. The summed E-state index contributed by atoms with van der Waals surface area (Å²) in [5.41, 5.74) is 0. The van der Waals surface area contributed by atoms with Crippen LogP contribution in [0.25, 0.3) is 0 Å². The van der Waals surface area contributed by atoms with Crippen LogP contribution >= 0.6 is 0 Å². The minimum Gasteiger partial charge on any atom is -0.455 e. The molecule has 148 valence electrons. The summed E-state index contributed by atoms with van der Waals surface area (Å²) in [4.78, 5) is 51.7. The van der Waals surface area contributed by atoms with E-state index < -0.39 is 24.1 Å². The fourth-order valence-corrected chi connectivity index (χ4v) is 3.01. The Labute approximate surface area is 162 Å². The Kier molecular flexibility index (Phi) is 8.79. The van der Waals surface area contributed by atoms with E-state index in [1.165, 1.54) is 12.2 Å². The maximum atomic E-state index is 11.9. The van der Waals surface area contributed by atoms with Crippen LogP contribution in [0.4, 0.5) is 0 Å². The number of nitrogens with zero attached hydrogens (tertiary/aromatic N) is 2. The van der Waals surface area contributed by atoms with E-state index in [0.29, 0.717) is 25.7 Å². The highest BCUT2D eigenvalue weighted by Gasteiger charge is 2.17. The molecule has 0 radical (unpaired) electrons. The number of aliphatic imine (C=N–C) groups is 2. The molecule has 4 unspecified atom stereocenters. The van der Waals surface area contributed by atoms with Gasteiger partial charge in [0, 0.05) is 12.2 Å². The fourth-order valence-electron chi connectivity index (χ4n) is 3.01. The topological polar surface area (TPSA) is 111 Å². The molecule has 0 aromatic heterocycles. The highest BCUT2D eigenvalue weighted by atomic mass is 16.5. The summed E-state index contributed by atoms with van der Waals surface area (Å²) in [5, 5.41) is 0. The van der Waals surface area contributed by atoms with E-state index >= 15 is 0 Å². The highest BCUT2D eigenvalue weighted by Crippen LogP contribution is 2.18. The molecule has 8 heteroatoms. The Morgan fingerprint density at radius 3 is 1.57 bits per heavy atom. The van der Waals surface area contributed by atoms with Gasteiger partial charge in [-0.3, -0.25) is 0 Å². The van der Waals surface area contributed by atoms with Gasteiger partial charge in [0.25, 0.3) is 0 Å². The SMILES string of the molecule is O=C=NC1C=CC(OC(=O)/C=C/C(=O)OC2C=CC(N=C=O)CCC2)CCC1. The summed E-state index contributed by atoms with van der Waals surface area (Å²) >= 11 is 0. The summed E-state index contributed by atoms with van der Waals surface area (Å²) in [5.74, 6) is -1.30. The number of rotatable bonds is 6. The summed E-state index contributed by atoms with van der Waals surface area (Å²) < 4.78 is 10.6. The van der Waals surface area contributed by atoms with Crippen molar-refractivity contribution in [1.29, 1.82) is 0 Å². The Morgan fingerprint density at radius 2 is 1.18 bits per heavy atom. The van der Waals surface area contributed by atoms with Gasteiger partial charge in [0.2, 0.25) is 12.2 Å². The van der Waals surface area contributed by atoms with Crippen LogP contribution in [-0.2, 0) is 28.7 Å². The molecule has 2 aliphatic carbocycles. The second kappa shape index (κ2) is 11.6. The Morgan fingerprint density at radius 1 is 0.750 bits per heavy atom. The van der Waals surface area contributed by atoms with Crippen LogP contribution in [0.15, 0.2) is 46.4 Å². The number of ether oxygens (including phenoxy) is 2. The lowest BCUT2D eigenvalue weighted by molar-refractivity contribution is -0.143. The van der Waals surface area contributed by atoms with Crippen molar-refractivity contribution in [2.45, 2.75) is 62.8 Å². The van der Waals surface area contributed by atoms with Crippen LogP contribution in [0, 0.1) is 0 Å². The van der Waals surface area contributed by atoms with E-state index in [0.717, 1.165) is 25.0 Å². The maximum Gasteiger partial charge on any atom is 0.331 e. The smallest absolute Gasteiger partial charge is 0.331 e. The van der Waals surface area contributed by atoms with Crippen molar-refractivity contribution in [1.82, 2.24) is 0 Å². The third kappa shape index (κ3) is 7.66. The predicted octanol–water partition coefficient (Wildman–Crippen LogP) is 2.26. The molecule has 0 amide bonds. The lowest BCUT2D eigenvalue weighted by atomic mass is 10.1. The van der Waals surface area contributed by atoms with Crippen molar-refractivity contribution in [3.05, 3.63) is 36.5 Å². The summed E-state index contributed by atoms with van der Waals surface area (Å²) in [6, 6.07) is -0.479. The van der Waals surface area contributed by atoms with Gasteiger partial charge in [0.05, 0.1) is 12.1 Å². The van der Waals surface area contributed by atoms with E-state index in [4.69, 9.17) is 9.47 Å². The molecule has 2 rings (SSSR count). The number of carbonyl (C=O) groups excluding carboxylic acids is 4. The molecule has 0 spiro atoms. The molecule has 0 heterocycles. The van der Waals surface area contributed by atoms with Crippen LogP contribution in [0.3, 0.4) is 0 Å². The zero-order valence-corrected chi connectivity index (χ0v) is 15.4. The van der Waals surface area contributed by atoms with Gasteiger partial charge < -0.3 is 9.47 Å². The van der Waals surface area contributed by atoms with Gasteiger partial charge >= 0.3 is 11.9 Å². The minimum atomic E-state index is -0.652. The second-order valence-corrected chi connectivity index (χ2v) is 6.49. The molecule has 0 aromatic carbocycles. The van der Waals surface area contributed by atoms with Crippen LogP contribution in [0.1, 0.15) is 38.5 Å². The van der Waals surface area contributed by atoms with E-state index in [1.807, 2.05) is 0 Å². The molecule has 0 aromatic rings. The number of hydrogen-bond donors (Lipinski definition) is 0. The van der Waals surface area contributed by atoms with Gasteiger partial charge in [-0.2, -0.15) is 9.98 Å². The van der Waals surface area contributed by atoms with Crippen LogP contribution in [0.5, 0.6) is 0 Å². The molecule has 0 saturated carbocycles. The zero-order chi connectivity index (χ0) is 20.2. The van der Waals surface area contributed by atoms with E-state index in [9.17, 15) is 19.2 Å². The van der Waals surface area contributed by atoms with Gasteiger partial charge in [-0.1, -0.05) is 12.2 Å². The molecule has 8 nitrogen and oxygen atoms in total. The van der Waals surface area contributed by atoms with Gasteiger partial charge in [0.1, 0.15) is 12.2 Å². The Bertz CT molecular complexity index is 682. The largest absolute Gasteiger partial charge is 0.455 e. The van der Waals surface area contributed by atoms with E-state index in [2.05, 4.69) is 9.98 Å². The third-order valence-electron chi connectivity index (χ3n) is 4.40. The maximum absolute atomic E-state index is 11.9. The van der Waals surface area contributed by atoms with Gasteiger partial charge in [-0.15, -0.1) is 0 Å². The van der Waals surface area contributed by atoms with Crippen molar-refractivity contribution in [2.24, 2.45) is 9.98 Å². The predicted molar refractivity (Wildman–Crippen MR) is 98.7 cm³/mol. The first-order chi connectivity index (χ1) is 13.6. The molecule has 4 atom stereocenters. The first kappa shape index (κ1) is 21.2. The van der Waals surface area contributed by atoms with Crippen molar-refractivity contribution in [2.75, 3.05) is 0 Å². The molecule has 2 aliphatic rings. The minimum absolute atomic E-state index is 0.240. The van der Waals surface area contributed by atoms with Crippen LogP contribution in [0.2, 0.25) is 0 Å². The molecule has 0 aliphatic heterocycles. The van der Waals surface area contributed by atoms with Crippen molar-refractivity contribution in [3.8, 4) is 0 Å². The monoisotopic (exact) mass is 386 g/mol. The fraction of sp³-hybridized carbons (Fsp3) is 0.500. The van der Waals surface area contributed by atoms with Gasteiger partial charge in [0.15, 0.2) is 0 Å². The quantitative estimate of drug-likeness (QED) is 0.228. The molecular weight excluding hydrogens is 364 g/mol. The summed E-state index contributed by atoms with van der Waals surface area (Å²) in [7, 11) is 0. The summed E-state index contributed by atoms with van der Waals surface area (Å²) in [6.07, 6.45) is 15.2. The van der Waals surface area contributed by atoms with E-state index in [-0.39, 0.29) is 12.1 Å². The first-order valence-electron chi connectivity index (χ1n) is 9.20. The molecule has 0 saturated heterocycles. The van der Waals surface area contributed by atoms with E-state index in [1.54, 1.807) is 24.3 Å². The van der Waals surface area contributed by atoms with Crippen molar-refractivity contribution >= 4 is 24.1 Å². The van der Waals surface area contributed by atoms with Gasteiger partial charge in [-0.25, -0.2) is 19.2 Å². The lowest BCUT2D eigenvalue weighted by Crippen LogP contribution is -2.16. The zero-order valence-electron chi connectivity index (χ0n) is 15.4. The normalized spacial score (nSPS) is 27.0. The number of esters is 2. The number of isocyanates is 2. The Balaban J connectivity index is 1.80. The number of carbonyl (C=O) groups is 2.